The molecule has 0 unspecified atom stereocenters. The second kappa shape index (κ2) is 9.23. The second-order valence-corrected chi connectivity index (χ2v) is 8.92. The van der Waals surface area contributed by atoms with Crippen LogP contribution in [0.5, 0.6) is 11.5 Å². The number of fused-ring (bicyclic) bond motifs is 1. The van der Waals surface area contributed by atoms with E-state index in [1.54, 1.807) is 12.1 Å². The molecule has 0 fully saturated rings. The molecule has 1 heterocycles. The number of carbonyl (C=O) groups is 2. The zero-order valence-electron chi connectivity index (χ0n) is 19.1. The van der Waals surface area contributed by atoms with Gasteiger partial charge in [-0.25, -0.2) is 9.78 Å². The molecule has 1 aromatic heterocycles. The molecule has 0 aliphatic heterocycles. The van der Waals surface area contributed by atoms with E-state index in [2.05, 4.69) is 42.5 Å². The van der Waals surface area contributed by atoms with Crippen LogP contribution in [-0.2, 0) is 5.41 Å². The van der Waals surface area contributed by atoms with Gasteiger partial charge in [0.15, 0.2) is 0 Å². The number of carbonyl (C=O) groups excluding carboxylic acids is 1. The van der Waals surface area contributed by atoms with Crippen molar-refractivity contribution in [1.29, 1.82) is 0 Å². The molecule has 7 nitrogen and oxygen atoms in total. The molecule has 0 atom stereocenters. The van der Waals surface area contributed by atoms with E-state index in [1.165, 1.54) is 12.3 Å². The number of nitrogens with one attached hydrogen (secondary N) is 2. The molecule has 0 saturated heterocycles. The Hall–Kier alpha value is -4.39. The number of amides is 2. The Morgan fingerprint density at radius 2 is 1.62 bits per heavy atom. The maximum absolute atomic E-state index is 12.9. The Kier molecular flexibility index (Phi) is 6.19. The maximum Gasteiger partial charge on any atom is 0.410 e. The van der Waals surface area contributed by atoms with Crippen LogP contribution in [0, 0.1) is 0 Å². The Morgan fingerprint density at radius 3 is 2.38 bits per heavy atom. The molecule has 4 rings (SSSR count). The van der Waals surface area contributed by atoms with E-state index in [1.807, 2.05) is 48.5 Å². The van der Waals surface area contributed by atoms with Crippen LogP contribution in [0.1, 0.15) is 36.7 Å². The highest BCUT2D eigenvalue weighted by Gasteiger charge is 2.15. The summed E-state index contributed by atoms with van der Waals surface area (Å²) in [5.41, 5.74) is 2.41. The van der Waals surface area contributed by atoms with Gasteiger partial charge in [-0.2, -0.15) is 0 Å². The van der Waals surface area contributed by atoms with Crippen LogP contribution in [0.4, 0.5) is 16.3 Å². The van der Waals surface area contributed by atoms with Crippen LogP contribution in [-0.4, -0.2) is 22.1 Å². The predicted molar refractivity (Wildman–Crippen MR) is 133 cm³/mol. The monoisotopic (exact) mass is 455 g/mol. The maximum atomic E-state index is 12.9. The van der Waals surface area contributed by atoms with Crippen LogP contribution in [0.2, 0.25) is 0 Å². The Morgan fingerprint density at radius 1 is 0.853 bits per heavy atom. The molecule has 2 amide bonds. The summed E-state index contributed by atoms with van der Waals surface area (Å²) in [4.78, 5) is 27.7. The number of aromatic nitrogens is 1. The molecular weight excluding hydrogens is 430 g/mol. The zero-order chi connectivity index (χ0) is 24.3. The van der Waals surface area contributed by atoms with E-state index >= 15 is 0 Å². The Balaban J connectivity index is 1.54. The van der Waals surface area contributed by atoms with E-state index < -0.39 is 6.09 Å². The first-order valence-corrected chi connectivity index (χ1v) is 10.8. The number of hydrogen-bond acceptors (Lipinski definition) is 4. The van der Waals surface area contributed by atoms with Gasteiger partial charge in [-0.1, -0.05) is 45.0 Å². The lowest BCUT2D eigenvalue weighted by Gasteiger charge is -2.20. The number of nitrogens with zero attached hydrogens (tertiary/aromatic N) is 1. The van der Waals surface area contributed by atoms with Gasteiger partial charge in [-0.15, -0.1) is 0 Å². The summed E-state index contributed by atoms with van der Waals surface area (Å²) >= 11 is 0. The smallest absolute Gasteiger partial charge is 0.410 e. The average Bonchev–Trinajstić information content (AvgIpc) is 2.78. The molecule has 3 N–H and O–H groups in total. The fraction of sp³-hybridized carbons (Fsp3) is 0.148. The zero-order valence-corrected chi connectivity index (χ0v) is 19.1. The standard InChI is InChI=1S/C27H25N3O4/c1-27(2,3)20-5-4-6-21(15-20)29-25(31)18-8-7-17-9-10-22(14-19(17)13-18)34-23-11-12-28-24(16-23)30-26(32)33/h4-16H,1-3H3,(H,28,30)(H,29,31)(H,32,33). The van der Waals surface area contributed by atoms with Gasteiger partial charge in [0.1, 0.15) is 17.3 Å². The molecule has 0 aliphatic carbocycles. The number of anilines is 2. The largest absolute Gasteiger partial charge is 0.465 e. The van der Waals surface area contributed by atoms with E-state index in [0.717, 1.165) is 22.0 Å². The minimum Gasteiger partial charge on any atom is -0.465 e. The molecule has 0 saturated carbocycles. The lowest BCUT2D eigenvalue weighted by molar-refractivity contribution is 0.102. The Labute approximate surface area is 197 Å². The third-order valence-corrected chi connectivity index (χ3v) is 5.26. The third-order valence-electron chi connectivity index (χ3n) is 5.26. The SMILES string of the molecule is CC(C)(C)c1cccc(NC(=O)c2ccc3ccc(Oc4ccnc(NC(=O)O)c4)cc3c2)c1. The summed E-state index contributed by atoms with van der Waals surface area (Å²) in [6.07, 6.45) is 0.255. The highest BCUT2D eigenvalue weighted by atomic mass is 16.5. The van der Waals surface area contributed by atoms with Crippen LogP contribution in [0.25, 0.3) is 10.8 Å². The number of pyridine rings is 1. The fourth-order valence-electron chi connectivity index (χ4n) is 3.48. The quantitative estimate of drug-likeness (QED) is 0.312. The summed E-state index contributed by atoms with van der Waals surface area (Å²) in [5, 5.41) is 15.8. The average molecular weight is 456 g/mol. The first-order chi connectivity index (χ1) is 16.2. The minimum atomic E-state index is -1.20. The number of ether oxygens (including phenoxy) is 1. The predicted octanol–water partition coefficient (Wildman–Crippen LogP) is 6.67. The number of benzene rings is 3. The van der Waals surface area contributed by atoms with Gasteiger partial charge >= 0.3 is 6.09 Å². The lowest BCUT2D eigenvalue weighted by Crippen LogP contribution is -2.14. The van der Waals surface area contributed by atoms with Crippen LogP contribution < -0.4 is 15.4 Å². The molecule has 7 heteroatoms. The van der Waals surface area contributed by atoms with Crippen molar-refractivity contribution in [1.82, 2.24) is 4.98 Å². The van der Waals surface area contributed by atoms with Gasteiger partial charge in [0.25, 0.3) is 5.91 Å². The molecular formula is C27H25N3O4. The number of rotatable bonds is 5. The molecule has 0 spiro atoms. The fourth-order valence-corrected chi connectivity index (χ4v) is 3.48. The lowest BCUT2D eigenvalue weighted by atomic mass is 9.87. The first-order valence-electron chi connectivity index (χ1n) is 10.8. The number of hydrogen-bond donors (Lipinski definition) is 3. The topological polar surface area (TPSA) is 101 Å². The highest BCUT2D eigenvalue weighted by Crippen LogP contribution is 2.28. The third kappa shape index (κ3) is 5.50. The van der Waals surface area contributed by atoms with Crippen molar-refractivity contribution in [2.75, 3.05) is 10.6 Å². The molecule has 3 aromatic carbocycles. The van der Waals surface area contributed by atoms with Crippen molar-refractivity contribution in [2.45, 2.75) is 26.2 Å². The molecule has 4 aromatic rings. The highest BCUT2D eigenvalue weighted by molar-refractivity contribution is 6.06. The summed E-state index contributed by atoms with van der Waals surface area (Å²) in [5.74, 6) is 0.958. The minimum absolute atomic E-state index is 0.0145. The van der Waals surface area contributed by atoms with Gasteiger partial charge < -0.3 is 15.2 Å². The van der Waals surface area contributed by atoms with E-state index in [4.69, 9.17) is 9.84 Å². The number of carboxylic acid groups (broad SMARTS) is 1. The van der Waals surface area contributed by atoms with E-state index in [0.29, 0.717) is 17.1 Å². The second-order valence-electron chi connectivity index (χ2n) is 8.92. The molecule has 34 heavy (non-hydrogen) atoms. The Bertz CT molecular complexity index is 1380. The summed E-state index contributed by atoms with van der Waals surface area (Å²) in [7, 11) is 0. The normalized spacial score (nSPS) is 11.1. The van der Waals surface area contributed by atoms with Gasteiger partial charge in [-0.3, -0.25) is 10.1 Å². The van der Waals surface area contributed by atoms with Crippen LogP contribution >= 0.6 is 0 Å². The molecule has 0 radical (unpaired) electrons. The molecule has 0 aliphatic rings. The van der Waals surface area contributed by atoms with Crippen molar-refractivity contribution in [3.05, 3.63) is 90.1 Å². The van der Waals surface area contributed by atoms with Gasteiger partial charge in [-0.05, 0) is 64.2 Å². The van der Waals surface area contributed by atoms with E-state index in [-0.39, 0.29) is 17.1 Å². The van der Waals surface area contributed by atoms with Crippen molar-refractivity contribution in [3.8, 4) is 11.5 Å². The summed E-state index contributed by atoms with van der Waals surface area (Å²) < 4.78 is 5.88. The van der Waals surface area contributed by atoms with E-state index in [9.17, 15) is 9.59 Å². The van der Waals surface area contributed by atoms with Gasteiger partial charge in [0.05, 0.1) is 0 Å². The van der Waals surface area contributed by atoms with Crippen LogP contribution in [0.15, 0.2) is 79.0 Å². The summed E-state index contributed by atoms with van der Waals surface area (Å²) in [6.45, 7) is 6.39. The van der Waals surface area contributed by atoms with Crippen molar-refractivity contribution in [3.63, 3.8) is 0 Å². The van der Waals surface area contributed by atoms with Gasteiger partial charge in [0, 0.05) is 23.5 Å². The van der Waals surface area contributed by atoms with Crippen molar-refractivity contribution >= 4 is 34.3 Å². The first kappa shape index (κ1) is 22.8. The van der Waals surface area contributed by atoms with Crippen LogP contribution in [0.3, 0.4) is 0 Å². The van der Waals surface area contributed by atoms with Crippen molar-refractivity contribution in [2.24, 2.45) is 0 Å². The molecule has 0 bridgehead atoms. The van der Waals surface area contributed by atoms with Crippen molar-refractivity contribution < 1.29 is 19.4 Å². The molecule has 172 valence electrons. The summed E-state index contributed by atoms with van der Waals surface area (Å²) in [6, 6.07) is 22.0. The van der Waals surface area contributed by atoms with Gasteiger partial charge in [0.2, 0.25) is 0 Å².